The van der Waals surface area contributed by atoms with Crippen LogP contribution in [-0.4, -0.2) is 18.5 Å². The van der Waals surface area contributed by atoms with Crippen molar-refractivity contribution in [1.82, 2.24) is 5.32 Å². The van der Waals surface area contributed by atoms with Crippen molar-refractivity contribution in [2.75, 3.05) is 6.54 Å². The van der Waals surface area contributed by atoms with Crippen LogP contribution in [-0.2, 0) is 4.79 Å². The van der Waals surface area contributed by atoms with Gasteiger partial charge < -0.3 is 11.1 Å². The highest BCUT2D eigenvalue weighted by molar-refractivity contribution is 5.79. The molecule has 0 aromatic heterocycles. The molecule has 3 atom stereocenters. The van der Waals surface area contributed by atoms with Crippen molar-refractivity contribution in [1.29, 1.82) is 0 Å². The van der Waals surface area contributed by atoms with Gasteiger partial charge in [-0.15, -0.1) is 0 Å². The molecule has 0 heterocycles. The van der Waals surface area contributed by atoms with Gasteiger partial charge in [0.25, 0.3) is 0 Å². The number of carbonyl (C=O) groups is 1. The predicted molar refractivity (Wildman–Crippen MR) is 83.2 cm³/mol. The number of carbonyl (C=O) groups excluding carboxylic acids is 1. The molecule has 0 radical (unpaired) electrons. The highest BCUT2D eigenvalue weighted by atomic mass is 16.1. The summed E-state index contributed by atoms with van der Waals surface area (Å²) in [5.41, 5.74) is 6.21. The molecule has 0 bridgehead atoms. The maximum atomic E-state index is 12.3. The van der Waals surface area contributed by atoms with E-state index < -0.39 is 0 Å². The summed E-state index contributed by atoms with van der Waals surface area (Å²) in [5.74, 6) is 2.36. The van der Waals surface area contributed by atoms with Crippen molar-refractivity contribution in [3.63, 3.8) is 0 Å². The van der Waals surface area contributed by atoms with Crippen LogP contribution in [0.4, 0.5) is 0 Å². The lowest BCUT2D eigenvalue weighted by atomic mass is 9.77. The molecule has 116 valence electrons. The van der Waals surface area contributed by atoms with Gasteiger partial charge >= 0.3 is 0 Å². The van der Waals surface area contributed by atoms with Crippen LogP contribution in [0.1, 0.15) is 65.2 Å². The third-order valence-electron chi connectivity index (χ3n) is 5.74. The predicted octanol–water partition coefficient (Wildman–Crippen LogP) is 3.08. The summed E-state index contributed by atoms with van der Waals surface area (Å²) in [7, 11) is 0. The quantitative estimate of drug-likeness (QED) is 0.831. The van der Waals surface area contributed by atoms with Crippen molar-refractivity contribution in [2.24, 2.45) is 29.4 Å². The van der Waals surface area contributed by atoms with Crippen LogP contribution in [0.3, 0.4) is 0 Å². The molecule has 1 amide bonds. The van der Waals surface area contributed by atoms with E-state index in [1.807, 2.05) is 0 Å². The molecule has 20 heavy (non-hydrogen) atoms. The maximum Gasteiger partial charge on any atom is 0.224 e. The van der Waals surface area contributed by atoms with E-state index in [1.54, 1.807) is 0 Å². The third-order valence-corrected chi connectivity index (χ3v) is 5.74. The van der Waals surface area contributed by atoms with Gasteiger partial charge in [-0.05, 0) is 43.4 Å². The Bertz CT molecular complexity index is 310. The van der Waals surface area contributed by atoms with E-state index in [2.05, 4.69) is 19.2 Å². The van der Waals surface area contributed by atoms with E-state index >= 15 is 0 Å². The van der Waals surface area contributed by atoms with Crippen molar-refractivity contribution in [3.8, 4) is 0 Å². The molecule has 0 aliphatic heterocycles. The van der Waals surface area contributed by atoms with E-state index in [9.17, 15) is 4.79 Å². The summed E-state index contributed by atoms with van der Waals surface area (Å²) in [6.07, 6.45) is 9.86. The summed E-state index contributed by atoms with van der Waals surface area (Å²) in [6, 6.07) is 0.0552. The van der Waals surface area contributed by atoms with Gasteiger partial charge in [-0.2, -0.15) is 0 Å². The SMILES string of the molecule is CCC1CCC(CNC(=O)C2CCCC(C)C2N)CC1. The molecule has 0 aromatic carbocycles. The standard InChI is InChI=1S/C17H32N2O/c1-3-13-7-9-14(10-8-13)11-19-17(20)15-6-4-5-12(2)16(15)18/h12-16H,3-11,18H2,1-2H3,(H,19,20). The van der Waals surface area contributed by atoms with Gasteiger partial charge in [0.2, 0.25) is 5.91 Å². The van der Waals surface area contributed by atoms with Crippen molar-refractivity contribution < 1.29 is 4.79 Å². The number of nitrogens with one attached hydrogen (secondary N) is 1. The Morgan fingerprint density at radius 3 is 2.40 bits per heavy atom. The summed E-state index contributed by atoms with van der Waals surface area (Å²) in [6.45, 7) is 5.33. The minimum atomic E-state index is 0.0470. The Kier molecular flexibility index (Phi) is 5.88. The zero-order valence-electron chi connectivity index (χ0n) is 13.2. The molecule has 0 saturated heterocycles. The topological polar surface area (TPSA) is 55.1 Å². The van der Waals surface area contributed by atoms with Crippen LogP contribution in [0.15, 0.2) is 0 Å². The zero-order chi connectivity index (χ0) is 14.5. The van der Waals surface area contributed by atoms with Gasteiger partial charge in [0, 0.05) is 12.6 Å². The lowest BCUT2D eigenvalue weighted by Gasteiger charge is -2.33. The fourth-order valence-corrected chi connectivity index (χ4v) is 3.97. The minimum Gasteiger partial charge on any atom is -0.356 e. The summed E-state index contributed by atoms with van der Waals surface area (Å²) in [4.78, 5) is 12.3. The van der Waals surface area contributed by atoms with Gasteiger partial charge in [0.1, 0.15) is 0 Å². The molecule has 0 aromatic rings. The first kappa shape index (κ1) is 15.8. The summed E-state index contributed by atoms with van der Waals surface area (Å²) < 4.78 is 0. The first-order valence-electron chi connectivity index (χ1n) is 8.65. The van der Waals surface area contributed by atoms with Crippen LogP contribution in [0.2, 0.25) is 0 Å². The number of hydrogen-bond donors (Lipinski definition) is 2. The van der Waals surface area contributed by atoms with E-state index in [0.29, 0.717) is 11.8 Å². The molecular formula is C17H32N2O. The fourth-order valence-electron chi connectivity index (χ4n) is 3.97. The van der Waals surface area contributed by atoms with Crippen LogP contribution in [0.25, 0.3) is 0 Å². The molecule has 2 aliphatic carbocycles. The third kappa shape index (κ3) is 3.97. The monoisotopic (exact) mass is 280 g/mol. The molecule has 2 rings (SSSR count). The van der Waals surface area contributed by atoms with E-state index in [-0.39, 0.29) is 17.9 Å². The molecule has 3 unspecified atom stereocenters. The zero-order valence-corrected chi connectivity index (χ0v) is 13.2. The average Bonchev–Trinajstić information content (AvgIpc) is 2.48. The number of hydrogen-bond acceptors (Lipinski definition) is 2. The van der Waals surface area contributed by atoms with Gasteiger partial charge in [0.05, 0.1) is 5.92 Å². The molecule has 2 aliphatic rings. The average molecular weight is 280 g/mol. The Morgan fingerprint density at radius 1 is 1.10 bits per heavy atom. The first-order valence-corrected chi connectivity index (χ1v) is 8.65. The molecule has 3 heteroatoms. The maximum absolute atomic E-state index is 12.3. The highest BCUT2D eigenvalue weighted by Crippen LogP contribution is 2.31. The summed E-state index contributed by atoms with van der Waals surface area (Å²) in [5, 5.41) is 3.19. The molecule has 3 N–H and O–H groups in total. The van der Waals surface area contributed by atoms with Gasteiger partial charge in [-0.1, -0.05) is 39.5 Å². The van der Waals surface area contributed by atoms with Crippen LogP contribution in [0, 0.1) is 23.7 Å². The van der Waals surface area contributed by atoms with Gasteiger partial charge in [-0.25, -0.2) is 0 Å². The van der Waals surface area contributed by atoms with Crippen molar-refractivity contribution in [3.05, 3.63) is 0 Å². The second-order valence-corrected chi connectivity index (χ2v) is 7.13. The Morgan fingerprint density at radius 2 is 1.75 bits per heavy atom. The van der Waals surface area contributed by atoms with E-state index in [1.165, 1.54) is 38.5 Å². The van der Waals surface area contributed by atoms with Crippen LogP contribution < -0.4 is 11.1 Å². The summed E-state index contributed by atoms with van der Waals surface area (Å²) >= 11 is 0. The van der Waals surface area contributed by atoms with Crippen LogP contribution in [0.5, 0.6) is 0 Å². The van der Waals surface area contributed by atoms with Crippen molar-refractivity contribution in [2.45, 2.75) is 71.3 Å². The largest absolute Gasteiger partial charge is 0.356 e. The van der Waals surface area contributed by atoms with E-state index in [0.717, 1.165) is 25.3 Å². The molecule has 2 fully saturated rings. The van der Waals surface area contributed by atoms with Gasteiger partial charge in [0.15, 0.2) is 0 Å². The molecular weight excluding hydrogens is 248 g/mol. The van der Waals surface area contributed by atoms with Gasteiger partial charge in [-0.3, -0.25) is 4.79 Å². The second-order valence-electron chi connectivity index (χ2n) is 7.13. The number of amides is 1. The minimum absolute atomic E-state index is 0.0470. The second kappa shape index (κ2) is 7.44. The molecule has 0 spiro atoms. The van der Waals surface area contributed by atoms with Crippen LogP contribution >= 0.6 is 0 Å². The molecule has 3 nitrogen and oxygen atoms in total. The Balaban J connectivity index is 1.72. The highest BCUT2D eigenvalue weighted by Gasteiger charge is 2.33. The smallest absolute Gasteiger partial charge is 0.224 e. The number of rotatable bonds is 4. The lowest BCUT2D eigenvalue weighted by Crippen LogP contribution is -2.48. The first-order chi connectivity index (χ1) is 9.61. The number of nitrogens with two attached hydrogens (primary N) is 1. The van der Waals surface area contributed by atoms with Crippen molar-refractivity contribution >= 4 is 5.91 Å². The fraction of sp³-hybridized carbons (Fsp3) is 0.941. The lowest BCUT2D eigenvalue weighted by molar-refractivity contribution is -0.127. The normalized spacial score (nSPS) is 38.5. The molecule has 2 saturated carbocycles. The van der Waals surface area contributed by atoms with E-state index in [4.69, 9.17) is 5.73 Å². The Labute approximate surface area is 124 Å². The Hall–Kier alpha value is -0.570.